The molecule has 1 aromatic carbocycles. The van der Waals surface area contributed by atoms with Crippen LogP contribution < -0.4 is 16.0 Å². The molecule has 0 atom stereocenters. The molecule has 0 saturated heterocycles. The second kappa shape index (κ2) is 13.3. The van der Waals surface area contributed by atoms with Crippen LogP contribution in [-0.4, -0.2) is 38.0 Å². The zero-order valence-electron chi connectivity index (χ0n) is 14.6. The molecule has 0 aliphatic rings. The fourth-order valence-corrected chi connectivity index (χ4v) is 1.99. The molecule has 0 heterocycles. The SMILES string of the molecule is CCNC(=NCCc1ccc(Cl)cc1)NCCNC(=O)C(C)C.I. The van der Waals surface area contributed by atoms with Crippen LogP contribution in [0.5, 0.6) is 0 Å². The molecule has 0 spiro atoms. The van der Waals surface area contributed by atoms with Crippen molar-refractivity contribution in [2.45, 2.75) is 27.2 Å². The topological polar surface area (TPSA) is 65.5 Å². The highest BCUT2D eigenvalue weighted by molar-refractivity contribution is 14.0. The van der Waals surface area contributed by atoms with E-state index in [1.807, 2.05) is 45.0 Å². The maximum absolute atomic E-state index is 11.5. The summed E-state index contributed by atoms with van der Waals surface area (Å²) < 4.78 is 0. The highest BCUT2D eigenvalue weighted by Crippen LogP contribution is 2.09. The van der Waals surface area contributed by atoms with E-state index in [1.165, 1.54) is 5.56 Å². The number of benzene rings is 1. The second-order valence-corrected chi connectivity index (χ2v) is 5.95. The number of guanidine groups is 1. The van der Waals surface area contributed by atoms with E-state index in [-0.39, 0.29) is 35.8 Å². The van der Waals surface area contributed by atoms with E-state index >= 15 is 0 Å². The van der Waals surface area contributed by atoms with Crippen molar-refractivity contribution in [3.63, 3.8) is 0 Å². The quantitative estimate of drug-likeness (QED) is 0.239. The van der Waals surface area contributed by atoms with Crippen molar-refractivity contribution in [1.82, 2.24) is 16.0 Å². The van der Waals surface area contributed by atoms with Gasteiger partial charge in [0.2, 0.25) is 5.91 Å². The summed E-state index contributed by atoms with van der Waals surface area (Å²) in [5.41, 5.74) is 1.21. The Kier molecular flexibility index (Phi) is 12.7. The average molecular weight is 467 g/mol. The van der Waals surface area contributed by atoms with E-state index < -0.39 is 0 Å². The Balaban J connectivity index is 0.00000529. The van der Waals surface area contributed by atoms with E-state index in [9.17, 15) is 4.79 Å². The first-order valence-electron chi connectivity index (χ1n) is 8.07. The van der Waals surface area contributed by atoms with Gasteiger partial charge in [-0.2, -0.15) is 0 Å². The summed E-state index contributed by atoms with van der Waals surface area (Å²) in [5.74, 6) is 0.841. The maximum atomic E-state index is 11.5. The number of amides is 1. The molecule has 0 aliphatic carbocycles. The second-order valence-electron chi connectivity index (χ2n) is 5.51. The largest absolute Gasteiger partial charge is 0.357 e. The van der Waals surface area contributed by atoms with Crippen LogP contribution in [0, 0.1) is 5.92 Å². The molecule has 0 fully saturated rings. The molecule has 0 saturated carbocycles. The molecule has 24 heavy (non-hydrogen) atoms. The van der Waals surface area contributed by atoms with Gasteiger partial charge in [0.25, 0.3) is 0 Å². The van der Waals surface area contributed by atoms with Gasteiger partial charge in [-0.15, -0.1) is 24.0 Å². The van der Waals surface area contributed by atoms with Crippen LogP contribution in [0.3, 0.4) is 0 Å². The highest BCUT2D eigenvalue weighted by atomic mass is 127. The molecular formula is C17H28ClIN4O. The van der Waals surface area contributed by atoms with Crippen molar-refractivity contribution >= 4 is 47.4 Å². The molecule has 1 amide bonds. The van der Waals surface area contributed by atoms with Crippen LogP contribution in [0.4, 0.5) is 0 Å². The van der Waals surface area contributed by atoms with Gasteiger partial charge in [0, 0.05) is 37.1 Å². The van der Waals surface area contributed by atoms with Crippen LogP contribution in [0.25, 0.3) is 0 Å². The number of nitrogens with one attached hydrogen (secondary N) is 3. The van der Waals surface area contributed by atoms with E-state index in [4.69, 9.17) is 11.6 Å². The van der Waals surface area contributed by atoms with Crippen LogP contribution in [0.15, 0.2) is 29.3 Å². The van der Waals surface area contributed by atoms with Gasteiger partial charge < -0.3 is 16.0 Å². The normalized spacial score (nSPS) is 11.0. The number of halogens is 2. The Hall–Kier alpha value is -1.02. The number of rotatable bonds is 8. The molecule has 7 heteroatoms. The maximum Gasteiger partial charge on any atom is 0.222 e. The fourth-order valence-electron chi connectivity index (χ4n) is 1.86. The van der Waals surface area contributed by atoms with Gasteiger partial charge in [0.15, 0.2) is 5.96 Å². The van der Waals surface area contributed by atoms with E-state index in [0.717, 1.165) is 23.9 Å². The smallest absolute Gasteiger partial charge is 0.222 e. The molecule has 0 aromatic heterocycles. The van der Waals surface area contributed by atoms with E-state index in [1.54, 1.807) is 0 Å². The summed E-state index contributed by atoms with van der Waals surface area (Å²) >= 11 is 5.87. The van der Waals surface area contributed by atoms with Gasteiger partial charge >= 0.3 is 0 Å². The van der Waals surface area contributed by atoms with Crippen molar-refractivity contribution in [3.8, 4) is 0 Å². The zero-order chi connectivity index (χ0) is 17.1. The van der Waals surface area contributed by atoms with Gasteiger partial charge in [-0.05, 0) is 31.0 Å². The summed E-state index contributed by atoms with van der Waals surface area (Å²) in [6.45, 7) is 8.50. The van der Waals surface area contributed by atoms with Crippen molar-refractivity contribution < 1.29 is 4.79 Å². The standard InChI is InChI=1S/C17H27ClN4O.HI/c1-4-19-17(22-12-11-20-16(23)13(2)3)21-10-9-14-5-7-15(18)8-6-14;/h5-8,13H,4,9-12H2,1-3H3,(H,20,23)(H2,19,21,22);1H. The third-order valence-corrected chi connectivity index (χ3v) is 3.42. The van der Waals surface area contributed by atoms with Crippen LogP contribution >= 0.6 is 35.6 Å². The zero-order valence-corrected chi connectivity index (χ0v) is 17.7. The van der Waals surface area contributed by atoms with Gasteiger partial charge in [-0.1, -0.05) is 37.6 Å². The Morgan fingerprint density at radius 3 is 2.33 bits per heavy atom. The van der Waals surface area contributed by atoms with E-state index in [0.29, 0.717) is 19.6 Å². The molecule has 1 rings (SSSR count). The van der Waals surface area contributed by atoms with Gasteiger partial charge in [-0.25, -0.2) is 0 Å². The van der Waals surface area contributed by atoms with Crippen molar-refractivity contribution in [3.05, 3.63) is 34.9 Å². The monoisotopic (exact) mass is 466 g/mol. The van der Waals surface area contributed by atoms with E-state index in [2.05, 4.69) is 20.9 Å². The molecule has 136 valence electrons. The molecule has 5 nitrogen and oxygen atoms in total. The van der Waals surface area contributed by atoms with Crippen molar-refractivity contribution in [1.29, 1.82) is 0 Å². The Morgan fingerprint density at radius 2 is 1.75 bits per heavy atom. The fraction of sp³-hybridized carbons (Fsp3) is 0.529. The average Bonchev–Trinajstić information content (AvgIpc) is 2.53. The first-order chi connectivity index (χ1) is 11.0. The minimum atomic E-state index is 0. The molecule has 0 bridgehead atoms. The predicted octanol–water partition coefficient (Wildman–Crippen LogP) is 2.83. The lowest BCUT2D eigenvalue weighted by Crippen LogP contribution is -2.42. The lowest BCUT2D eigenvalue weighted by atomic mass is 10.1. The van der Waals surface area contributed by atoms with Crippen molar-refractivity contribution in [2.75, 3.05) is 26.2 Å². The minimum absolute atomic E-state index is 0. The lowest BCUT2D eigenvalue weighted by molar-refractivity contribution is -0.123. The van der Waals surface area contributed by atoms with Gasteiger partial charge in [0.05, 0.1) is 0 Å². The third kappa shape index (κ3) is 9.97. The molecular weight excluding hydrogens is 439 g/mol. The van der Waals surface area contributed by atoms with Gasteiger partial charge in [-0.3, -0.25) is 9.79 Å². The number of aliphatic imine (C=N–C) groups is 1. The van der Waals surface area contributed by atoms with Crippen molar-refractivity contribution in [2.24, 2.45) is 10.9 Å². The summed E-state index contributed by atoms with van der Waals surface area (Å²) in [4.78, 5) is 16.0. The predicted molar refractivity (Wildman–Crippen MR) is 112 cm³/mol. The summed E-state index contributed by atoms with van der Waals surface area (Å²) in [7, 11) is 0. The Morgan fingerprint density at radius 1 is 1.12 bits per heavy atom. The molecule has 3 N–H and O–H groups in total. The Labute approximate surface area is 167 Å². The number of carbonyl (C=O) groups is 1. The first kappa shape index (κ1) is 23.0. The lowest BCUT2D eigenvalue weighted by Gasteiger charge is -2.12. The Bertz CT molecular complexity index is 506. The number of carbonyl (C=O) groups excluding carboxylic acids is 1. The highest BCUT2D eigenvalue weighted by Gasteiger charge is 2.05. The number of hydrogen-bond donors (Lipinski definition) is 3. The van der Waals surface area contributed by atoms with Crippen LogP contribution in [-0.2, 0) is 11.2 Å². The summed E-state index contributed by atoms with van der Waals surface area (Å²) in [5, 5.41) is 10.0. The first-order valence-corrected chi connectivity index (χ1v) is 8.45. The number of hydrogen-bond acceptors (Lipinski definition) is 2. The molecule has 0 radical (unpaired) electrons. The van der Waals surface area contributed by atoms with Crippen LogP contribution in [0.2, 0.25) is 5.02 Å². The summed E-state index contributed by atoms with van der Waals surface area (Å²) in [6, 6.07) is 7.81. The number of nitrogens with zero attached hydrogens (tertiary/aromatic N) is 1. The molecule has 0 aliphatic heterocycles. The molecule has 0 unspecified atom stereocenters. The molecule has 1 aromatic rings. The van der Waals surface area contributed by atoms with Gasteiger partial charge in [0.1, 0.15) is 0 Å². The minimum Gasteiger partial charge on any atom is -0.357 e. The summed E-state index contributed by atoms with van der Waals surface area (Å²) in [6.07, 6.45) is 0.859. The van der Waals surface area contributed by atoms with Crippen LogP contribution in [0.1, 0.15) is 26.3 Å². The third-order valence-electron chi connectivity index (χ3n) is 3.17.